The Bertz CT molecular complexity index is 236. The smallest absolute Gasteiger partial charge is 0.220 e. The number of hydrogen-bond acceptors (Lipinski definition) is 4. The molecule has 0 bridgehead atoms. The molecule has 0 aromatic rings. The second kappa shape index (κ2) is 9.30. The molecule has 1 atom stereocenters. The van der Waals surface area contributed by atoms with Crippen LogP contribution in [0, 0.1) is 5.92 Å². The zero-order chi connectivity index (χ0) is 13.2. The molecule has 18 heavy (non-hydrogen) atoms. The van der Waals surface area contributed by atoms with Gasteiger partial charge in [0.05, 0.1) is 13.2 Å². The monoisotopic (exact) mass is 258 g/mol. The number of nitrogens with one attached hydrogen (secondary N) is 1. The van der Waals surface area contributed by atoms with Crippen LogP contribution in [0.1, 0.15) is 19.3 Å². The van der Waals surface area contributed by atoms with Crippen molar-refractivity contribution in [3.05, 3.63) is 0 Å². The maximum absolute atomic E-state index is 11.2. The van der Waals surface area contributed by atoms with Crippen LogP contribution in [0.2, 0.25) is 0 Å². The Kier molecular flexibility index (Phi) is 7.96. The molecule has 0 aromatic heterocycles. The molecule has 1 saturated heterocycles. The van der Waals surface area contributed by atoms with Crippen molar-refractivity contribution in [2.45, 2.75) is 19.3 Å². The quantitative estimate of drug-likeness (QED) is 0.612. The Balaban J connectivity index is 1.95. The molecule has 1 amide bonds. The van der Waals surface area contributed by atoms with E-state index in [9.17, 15) is 4.79 Å². The Morgan fingerprint density at radius 2 is 2.22 bits per heavy atom. The number of methoxy groups -OCH3 is 1. The molecule has 0 spiro atoms. The average molecular weight is 258 g/mol. The van der Waals surface area contributed by atoms with E-state index in [1.54, 1.807) is 7.11 Å². The van der Waals surface area contributed by atoms with Crippen LogP contribution in [0.3, 0.4) is 0 Å². The fourth-order valence-electron chi connectivity index (χ4n) is 2.06. The number of nitrogens with zero attached hydrogens (tertiary/aromatic N) is 1. The lowest BCUT2D eigenvalue weighted by Gasteiger charge is -2.22. The number of amides is 1. The Labute approximate surface area is 110 Å². The largest absolute Gasteiger partial charge is 0.385 e. The number of rotatable bonds is 9. The minimum atomic E-state index is 0.159. The summed E-state index contributed by atoms with van der Waals surface area (Å²) in [5.41, 5.74) is 0. The first-order valence-corrected chi connectivity index (χ1v) is 6.74. The predicted molar refractivity (Wildman–Crippen MR) is 70.5 cm³/mol. The molecule has 1 aliphatic heterocycles. The van der Waals surface area contributed by atoms with Crippen LogP contribution in [0.25, 0.3) is 0 Å². The molecule has 1 fully saturated rings. The van der Waals surface area contributed by atoms with Crippen molar-refractivity contribution in [1.82, 2.24) is 10.2 Å². The van der Waals surface area contributed by atoms with Crippen molar-refractivity contribution in [1.29, 1.82) is 0 Å². The van der Waals surface area contributed by atoms with Crippen LogP contribution in [0.5, 0.6) is 0 Å². The molecular formula is C13H26N2O3. The highest BCUT2D eigenvalue weighted by atomic mass is 16.5. The normalized spacial score (nSPS) is 20.2. The van der Waals surface area contributed by atoms with Gasteiger partial charge in [0.15, 0.2) is 0 Å². The molecule has 1 N–H and O–H groups in total. The molecule has 1 rings (SSSR count). The Morgan fingerprint density at radius 3 is 2.94 bits per heavy atom. The molecule has 0 aromatic carbocycles. The number of carbonyl (C=O) groups excluding carboxylic acids is 1. The summed E-state index contributed by atoms with van der Waals surface area (Å²) in [5, 5.41) is 2.83. The van der Waals surface area contributed by atoms with Gasteiger partial charge in [-0.25, -0.2) is 0 Å². The minimum absolute atomic E-state index is 0.159. The third-order valence-electron chi connectivity index (χ3n) is 3.21. The van der Waals surface area contributed by atoms with Crippen molar-refractivity contribution in [2.75, 3.05) is 53.6 Å². The first-order chi connectivity index (χ1) is 8.72. The van der Waals surface area contributed by atoms with Crippen LogP contribution in [-0.2, 0) is 14.3 Å². The van der Waals surface area contributed by atoms with Crippen LogP contribution < -0.4 is 5.32 Å². The van der Waals surface area contributed by atoms with Crippen molar-refractivity contribution in [3.8, 4) is 0 Å². The van der Waals surface area contributed by atoms with E-state index < -0.39 is 0 Å². The highest BCUT2D eigenvalue weighted by molar-refractivity contribution is 5.76. The van der Waals surface area contributed by atoms with E-state index in [1.165, 1.54) is 0 Å². The fraction of sp³-hybridized carbons (Fsp3) is 0.923. The highest BCUT2D eigenvalue weighted by Crippen LogP contribution is 2.12. The van der Waals surface area contributed by atoms with Crippen molar-refractivity contribution < 1.29 is 14.3 Å². The molecule has 0 radical (unpaired) electrons. The summed E-state index contributed by atoms with van der Waals surface area (Å²) in [6, 6.07) is 0. The van der Waals surface area contributed by atoms with Crippen molar-refractivity contribution in [3.63, 3.8) is 0 Å². The number of carbonyl (C=O) groups is 1. The lowest BCUT2D eigenvalue weighted by molar-refractivity contribution is -0.124. The van der Waals surface area contributed by atoms with Crippen LogP contribution in [0.4, 0.5) is 0 Å². The standard InChI is InChI=1S/C13H26N2O3/c1-15(6-3-8-17-2)7-9-18-11-12-4-5-14-13(16)10-12/h12H,3-11H2,1-2H3,(H,14,16). The second-order valence-corrected chi connectivity index (χ2v) is 4.93. The van der Waals surface area contributed by atoms with Gasteiger partial charge in [0.1, 0.15) is 0 Å². The molecule has 106 valence electrons. The molecule has 1 heterocycles. The van der Waals surface area contributed by atoms with Gasteiger partial charge in [-0.3, -0.25) is 4.79 Å². The summed E-state index contributed by atoms with van der Waals surface area (Å²) < 4.78 is 10.7. The van der Waals surface area contributed by atoms with Gasteiger partial charge >= 0.3 is 0 Å². The first-order valence-electron chi connectivity index (χ1n) is 6.74. The molecule has 1 aliphatic rings. The van der Waals surface area contributed by atoms with Gasteiger partial charge < -0.3 is 19.7 Å². The van der Waals surface area contributed by atoms with Crippen LogP contribution in [0.15, 0.2) is 0 Å². The van der Waals surface area contributed by atoms with Crippen LogP contribution >= 0.6 is 0 Å². The summed E-state index contributed by atoms with van der Waals surface area (Å²) in [6.07, 6.45) is 2.70. The number of hydrogen-bond donors (Lipinski definition) is 1. The third-order valence-corrected chi connectivity index (χ3v) is 3.21. The maximum Gasteiger partial charge on any atom is 0.220 e. The maximum atomic E-state index is 11.2. The predicted octanol–water partition coefficient (Wildman–Crippen LogP) is 0.498. The zero-order valence-electron chi connectivity index (χ0n) is 11.6. The van der Waals surface area contributed by atoms with Gasteiger partial charge in [0, 0.05) is 39.8 Å². The number of likely N-dealkylation sites (N-methyl/N-ethyl adjacent to an activating group) is 1. The minimum Gasteiger partial charge on any atom is -0.385 e. The summed E-state index contributed by atoms with van der Waals surface area (Å²) in [5.74, 6) is 0.559. The van der Waals surface area contributed by atoms with Gasteiger partial charge in [-0.2, -0.15) is 0 Å². The number of piperidine rings is 1. The van der Waals surface area contributed by atoms with Gasteiger partial charge in [0.25, 0.3) is 0 Å². The summed E-state index contributed by atoms with van der Waals surface area (Å²) in [4.78, 5) is 13.4. The zero-order valence-corrected chi connectivity index (χ0v) is 11.6. The van der Waals surface area contributed by atoms with Gasteiger partial charge in [-0.15, -0.1) is 0 Å². The van der Waals surface area contributed by atoms with E-state index in [-0.39, 0.29) is 5.91 Å². The topological polar surface area (TPSA) is 50.8 Å². The molecule has 0 aliphatic carbocycles. The van der Waals surface area contributed by atoms with E-state index >= 15 is 0 Å². The SMILES string of the molecule is COCCCN(C)CCOCC1CCNC(=O)C1. The molecule has 1 unspecified atom stereocenters. The lowest BCUT2D eigenvalue weighted by atomic mass is 9.99. The van der Waals surface area contributed by atoms with Gasteiger partial charge in [-0.1, -0.05) is 0 Å². The van der Waals surface area contributed by atoms with E-state index in [1.807, 2.05) is 0 Å². The van der Waals surface area contributed by atoms with Gasteiger partial charge in [-0.05, 0) is 25.8 Å². The van der Waals surface area contributed by atoms with Crippen molar-refractivity contribution >= 4 is 5.91 Å². The highest BCUT2D eigenvalue weighted by Gasteiger charge is 2.18. The lowest BCUT2D eigenvalue weighted by Crippen LogP contribution is -2.35. The molecule has 5 nitrogen and oxygen atoms in total. The molecule has 5 heteroatoms. The van der Waals surface area contributed by atoms with E-state index in [4.69, 9.17) is 9.47 Å². The molecule has 0 saturated carbocycles. The summed E-state index contributed by atoms with van der Waals surface area (Å²) in [7, 11) is 3.82. The summed E-state index contributed by atoms with van der Waals surface area (Å²) in [6.45, 7) is 5.01. The summed E-state index contributed by atoms with van der Waals surface area (Å²) >= 11 is 0. The van der Waals surface area contributed by atoms with E-state index in [2.05, 4.69) is 17.3 Å². The van der Waals surface area contributed by atoms with Crippen LogP contribution in [-0.4, -0.2) is 64.4 Å². The third kappa shape index (κ3) is 6.93. The number of ether oxygens (including phenoxy) is 2. The second-order valence-electron chi connectivity index (χ2n) is 4.93. The van der Waals surface area contributed by atoms with Gasteiger partial charge in [0.2, 0.25) is 5.91 Å². The average Bonchev–Trinajstić information content (AvgIpc) is 2.35. The van der Waals surface area contributed by atoms with Crippen molar-refractivity contribution in [2.24, 2.45) is 5.92 Å². The Morgan fingerprint density at radius 1 is 1.39 bits per heavy atom. The van der Waals surface area contributed by atoms with E-state index in [0.717, 1.165) is 45.7 Å². The first kappa shape index (κ1) is 15.4. The fourth-order valence-corrected chi connectivity index (χ4v) is 2.06. The Hall–Kier alpha value is -0.650. The molecular weight excluding hydrogens is 232 g/mol. The van der Waals surface area contributed by atoms with E-state index in [0.29, 0.717) is 18.9 Å².